The summed E-state index contributed by atoms with van der Waals surface area (Å²) in [5.74, 6) is 0.373. The minimum Gasteiger partial charge on any atom is -0.497 e. The minimum atomic E-state index is -0.596. The van der Waals surface area contributed by atoms with Crippen LogP contribution in [-0.2, 0) is 24.3 Å². The Balaban J connectivity index is 0.00000274. The van der Waals surface area contributed by atoms with Crippen LogP contribution >= 0.6 is 12.4 Å². The van der Waals surface area contributed by atoms with Crippen LogP contribution in [0, 0.1) is 17.0 Å². The molecule has 0 aliphatic carbocycles. The average molecular weight is 484 g/mol. The first kappa shape index (κ1) is 23.2. The lowest BCUT2D eigenvalue weighted by Gasteiger charge is -2.27. The van der Waals surface area contributed by atoms with Gasteiger partial charge in [0.05, 0.1) is 36.3 Å². The highest BCUT2D eigenvalue weighted by atomic mass is 35.5. The number of nitrogens with zero attached hydrogens (tertiary/aromatic N) is 5. The van der Waals surface area contributed by atoms with Crippen LogP contribution < -0.4 is 9.64 Å². The number of imide groups is 1. The number of carbonyl (C=O) groups excluding carboxylic acids is 2. The van der Waals surface area contributed by atoms with E-state index in [1.54, 1.807) is 61.7 Å². The Morgan fingerprint density at radius 1 is 1.18 bits per heavy atom. The second-order valence-electron chi connectivity index (χ2n) is 8.15. The fourth-order valence-corrected chi connectivity index (χ4v) is 4.50. The number of ether oxygens (including phenoxy) is 1. The number of methoxy groups -OCH3 is 1. The van der Waals surface area contributed by atoms with Gasteiger partial charge in [-0.1, -0.05) is 6.07 Å². The van der Waals surface area contributed by atoms with Gasteiger partial charge in [0.25, 0.3) is 11.6 Å². The molecule has 10 nitrogen and oxygen atoms in total. The van der Waals surface area contributed by atoms with Gasteiger partial charge in [-0.15, -0.1) is 12.4 Å². The van der Waals surface area contributed by atoms with E-state index < -0.39 is 11.0 Å². The van der Waals surface area contributed by atoms with Gasteiger partial charge >= 0.3 is 6.03 Å². The third-order valence-electron chi connectivity index (χ3n) is 6.20. The standard InChI is InChI=1S/C23H21N5O5.ClH/c1-14-9-15(3-8-19(14)28(31)32)11-25-13-24-18-12-26-21(10-20(18)25)22(29)27(23(26)30)16-4-6-17(33-2)7-5-16;/h3-9,13,21H,10-12H2,1-2H3;1H. The van der Waals surface area contributed by atoms with Crippen molar-refractivity contribution in [3.8, 4) is 5.75 Å². The van der Waals surface area contributed by atoms with Crippen LogP contribution in [0.25, 0.3) is 0 Å². The highest BCUT2D eigenvalue weighted by molar-refractivity contribution is 6.21. The molecule has 0 bridgehead atoms. The normalized spacial score (nSPS) is 16.7. The number of hydrogen-bond donors (Lipinski definition) is 0. The number of aryl methyl sites for hydroxylation is 1. The number of rotatable bonds is 5. The summed E-state index contributed by atoms with van der Waals surface area (Å²) < 4.78 is 7.10. The largest absolute Gasteiger partial charge is 0.497 e. The van der Waals surface area contributed by atoms with Crippen molar-refractivity contribution in [3.63, 3.8) is 0 Å². The van der Waals surface area contributed by atoms with E-state index in [9.17, 15) is 19.7 Å². The van der Waals surface area contributed by atoms with E-state index in [2.05, 4.69) is 4.98 Å². The van der Waals surface area contributed by atoms with Crippen molar-refractivity contribution in [1.82, 2.24) is 14.5 Å². The molecule has 0 N–H and O–H groups in total. The highest BCUT2D eigenvalue weighted by Gasteiger charge is 2.49. The van der Waals surface area contributed by atoms with Gasteiger partial charge in [0, 0.05) is 30.3 Å². The van der Waals surface area contributed by atoms with Crippen molar-refractivity contribution in [2.45, 2.75) is 32.5 Å². The van der Waals surface area contributed by atoms with Crippen LogP contribution in [0.4, 0.5) is 16.2 Å². The Morgan fingerprint density at radius 3 is 2.56 bits per heavy atom. The van der Waals surface area contributed by atoms with Crippen LogP contribution in [-0.4, -0.2) is 44.5 Å². The van der Waals surface area contributed by atoms with Crippen molar-refractivity contribution < 1.29 is 19.2 Å². The molecular weight excluding hydrogens is 462 g/mol. The van der Waals surface area contributed by atoms with Crippen LogP contribution in [0.15, 0.2) is 48.8 Å². The molecule has 1 atom stereocenters. The molecule has 1 fully saturated rings. The molecule has 176 valence electrons. The van der Waals surface area contributed by atoms with E-state index >= 15 is 0 Å². The zero-order valence-electron chi connectivity index (χ0n) is 18.5. The van der Waals surface area contributed by atoms with E-state index in [-0.39, 0.29) is 36.6 Å². The summed E-state index contributed by atoms with van der Waals surface area (Å²) in [5.41, 5.74) is 3.71. The lowest BCUT2D eigenvalue weighted by molar-refractivity contribution is -0.385. The van der Waals surface area contributed by atoms with Gasteiger partial charge in [-0.05, 0) is 42.8 Å². The molecule has 34 heavy (non-hydrogen) atoms. The summed E-state index contributed by atoms with van der Waals surface area (Å²) in [4.78, 5) is 44.2. The number of amides is 3. The van der Waals surface area contributed by atoms with Gasteiger partial charge in [-0.25, -0.2) is 14.7 Å². The van der Waals surface area contributed by atoms with Gasteiger partial charge in [-0.2, -0.15) is 0 Å². The maximum absolute atomic E-state index is 13.2. The second-order valence-corrected chi connectivity index (χ2v) is 8.15. The van der Waals surface area contributed by atoms with Gasteiger partial charge < -0.3 is 14.2 Å². The number of nitro groups is 1. The third-order valence-corrected chi connectivity index (χ3v) is 6.20. The molecule has 11 heteroatoms. The molecule has 1 aromatic heterocycles. The zero-order chi connectivity index (χ0) is 23.3. The number of hydrogen-bond acceptors (Lipinski definition) is 6. The molecule has 1 saturated heterocycles. The second kappa shape index (κ2) is 8.79. The number of fused-ring (bicyclic) bond motifs is 2. The molecular formula is C23H22ClN5O5. The number of anilines is 1. The van der Waals surface area contributed by atoms with Crippen LogP contribution in [0.1, 0.15) is 22.5 Å². The number of benzene rings is 2. The molecule has 0 radical (unpaired) electrons. The van der Waals surface area contributed by atoms with Crippen LogP contribution in [0.2, 0.25) is 0 Å². The fourth-order valence-electron chi connectivity index (χ4n) is 4.50. The molecule has 2 aliphatic heterocycles. The summed E-state index contributed by atoms with van der Waals surface area (Å²) >= 11 is 0. The predicted molar refractivity (Wildman–Crippen MR) is 125 cm³/mol. The first-order valence-electron chi connectivity index (χ1n) is 10.4. The number of carbonyl (C=O) groups is 2. The fraction of sp³-hybridized carbons (Fsp3) is 0.261. The quantitative estimate of drug-likeness (QED) is 0.312. The van der Waals surface area contributed by atoms with E-state index in [0.29, 0.717) is 30.0 Å². The number of imidazole rings is 1. The summed E-state index contributed by atoms with van der Waals surface area (Å²) in [6, 6.07) is 10.9. The van der Waals surface area contributed by atoms with Crippen molar-refractivity contribution >= 4 is 35.7 Å². The molecule has 2 aliphatic rings. The van der Waals surface area contributed by atoms with Gasteiger partial charge in [-0.3, -0.25) is 14.9 Å². The SMILES string of the molecule is COc1ccc(N2C(=O)C3Cc4c(ncn4Cc4ccc([N+](=O)[O-])c(C)c4)CN3C2=O)cc1.Cl. The number of urea groups is 1. The zero-order valence-corrected chi connectivity index (χ0v) is 19.3. The average Bonchev–Trinajstić information content (AvgIpc) is 3.30. The van der Waals surface area contributed by atoms with Crippen LogP contribution in [0.5, 0.6) is 5.75 Å². The monoisotopic (exact) mass is 483 g/mol. The number of halogens is 1. The maximum atomic E-state index is 13.2. The first-order valence-corrected chi connectivity index (χ1v) is 10.4. The van der Waals surface area contributed by atoms with Gasteiger partial charge in [0.2, 0.25) is 0 Å². The van der Waals surface area contributed by atoms with Crippen LogP contribution in [0.3, 0.4) is 0 Å². The van der Waals surface area contributed by atoms with E-state index in [1.165, 1.54) is 11.0 Å². The van der Waals surface area contributed by atoms with Gasteiger partial charge in [0.1, 0.15) is 11.8 Å². The van der Waals surface area contributed by atoms with Crippen molar-refractivity contribution in [2.75, 3.05) is 12.0 Å². The Morgan fingerprint density at radius 2 is 1.91 bits per heavy atom. The molecule has 3 amide bonds. The Labute approximate surface area is 201 Å². The minimum absolute atomic E-state index is 0. The smallest absolute Gasteiger partial charge is 0.332 e. The first-order chi connectivity index (χ1) is 15.9. The molecule has 0 spiro atoms. The van der Waals surface area contributed by atoms with Crippen molar-refractivity contribution in [1.29, 1.82) is 0 Å². The molecule has 1 unspecified atom stereocenters. The highest BCUT2D eigenvalue weighted by Crippen LogP contribution is 2.33. The van der Waals surface area contributed by atoms with E-state index in [4.69, 9.17) is 4.74 Å². The Kier molecular flexibility index (Phi) is 6.01. The van der Waals surface area contributed by atoms with E-state index in [0.717, 1.165) is 17.0 Å². The topological polar surface area (TPSA) is 111 Å². The summed E-state index contributed by atoms with van der Waals surface area (Å²) in [7, 11) is 1.55. The van der Waals surface area contributed by atoms with Gasteiger partial charge in [0.15, 0.2) is 0 Å². The number of aromatic nitrogens is 2. The molecule has 3 aromatic rings. The Bertz CT molecular complexity index is 1290. The molecule has 2 aromatic carbocycles. The van der Waals surface area contributed by atoms with E-state index in [1.807, 2.05) is 4.57 Å². The van der Waals surface area contributed by atoms with Crippen molar-refractivity contribution in [3.05, 3.63) is 81.4 Å². The maximum Gasteiger partial charge on any atom is 0.332 e. The lowest BCUT2D eigenvalue weighted by Crippen LogP contribution is -2.40. The Hall–Kier alpha value is -3.92. The third kappa shape index (κ3) is 3.75. The lowest BCUT2D eigenvalue weighted by atomic mass is 10.0. The summed E-state index contributed by atoms with van der Waals surface area (Å²) in [5, 5.41) is 11.1. The number of nitro benzene ring substituents is 1. The molecule has 5 rings (SSSR count). The molecule has 3 heterocycles. The molecule has 0 saturated carbocycles. The summed E-state index contributed by atoms with van der Waals surface area (Å²) in [6.45, 7) is 2.43. The van der Waals surface area contributed by atoms with Crippen molar-refractivity contribution in [2.24, 2.45) is 0 Å². The summed E-state index contributed by atoms with van der Waals surface area (Å²) in [6.07, 6.45) is 2.05. The predicted octanol–water partition coefficient (Wildman–Crippen LogP) is 3.47.